The monoisotopic (exact) mass is 300 g/mol. The number of hydrogen-bond donors (Lipinski definition) is 1. The number of nitrogens with one attached hydrogen (secondary N) is 1. The van der Waals surface area contributed by atoms with Gasteiger partial charge in [0.25, 0.3) is 0 Å². The van der Waals surface area contributed by atoms with E-state index in [1.54, 1.807) is 11.9 Å². The number of likely N-dealkylation sites (N-methyl/N-ethyl adjacent to an activating group) is 1. The largest absolute Gasteiger partial charge is 0.340 e. The molecule has 20 heavy (non-hydrogen) atoms. The molecule has 0 radical (unpaired) electrons. The second-order valence-corrected chi connectivity index (χ2v) is 8.82. The van der Waals surface area contributed by atoms with Crippen molar-refractivity contribution in [2.75, 3.05) is 31.6 Å². The summed E-state index contributed by atoms with van der Waals surface area (Å²) in [5.74, 6) is 2.30. The van der Waals surface area contributed by atoms with Crippen molar-refractivity contribution in [1.82, 2.24) is 10.2 Å². The van der Waals surface area contributed by atoms with Crippen molar-refractivity contribution in [3.8, 4) is 0 Å². The molecule has 1 aliphatic heterocycles. The minimum Gasteiger partial charge on any atom is -0.340 e. The van der Waals surface area contributed by atoms with Crippen molar-refractivity contribution < 1.29 is 13.2 Å². The molecule has 4 unspecified atom stereocenters. The molecule has 0 aromatic carbocycles. The van der Waals surface area contributed by atoms with E-state index in [1.165, 1.54) is 25.7 Å². The Bertz CT molecular complexity index is 491. The van der Waals surface area contributed by atoms with Crippen LogP contribution in [0, 0.1) is 17.8 Å². The zero-order chi connectivity index (χ0) is 14.3. The zero-order valence-electron chi connectivity index (χ0n) is 12.0. The van der Waals surface area contributed by atoms with E-state index in [9.17, 15) is 13.2 Å². The summed E-state index contributed by atoms with van der Waals surface area (Å²) in [6.45, 7) is 1.13. The Morgan fingerprint density at radius 2 is 2.15 bits per heavy atom. The van der Waals surface area contributed by atoms with Crippen LogP contribution in [0.1, 0.15) is 25.7 Å². The van der Waals surface area contributed by atoms with Crippen molar-refractivity contribution in [1.29, 1.82) is 0 Å². The quantitative estimate of drug-likeness (QED) is 0.812. The lowest BCUT2D eigenvalue weighted by atomic mass is 9.88. The summed E-state index contributed by atoms with van der Waals surface area (Å²) in [6, 6.07) is -0.568. The Balaban J connectivity index is 1.69. The van der Waals surface area contributed by atoms with Crippen molar-refractivity contribution in [3.05, 3.63) is 0 Å². The summed E-state index contributed by atoms with van der Waals surface area (Å²) in [5, 5.41) is 2.87. The summed E-state index contributed by atoms with van der Waals surface area (Å²) in [4.78, 5) is 14.3. The third-order valence-electron chi connectivity index (χ3n) is 5.24. The molecule has 0 bridgehead atoms. The van der Waals surface area contributed by atoms with Crippen LogP contribution in [0.25, 0.3) is 0 Å². The molecule has 2 saturated carbocycles. The molecular formula is C14H24N2O3S. The van der Waals surface area contributed by atoms with Gasteiger partial charge in [-0.1, -0.05) is 12.8 Å². The molecule has 0 spiro atoms. The lowest BCUT2D eigenvalue weighted by molar-refractivity contribution is -0.133. The number of sulfone groups is 1. The number of nitrogens with zero attached hydrogens (tertiary/aromatic N) is 1. The van der Waals surface area contributed by atoms with Crippen LogP contribution in [0.2, 0.25) is 0 Å². The molecule has 3 aliphatic rings. The van der Waals surface area contributed by atoms with Gasteiger partial charge in [0.1, 0.15) is 6.04 Å². The highest BCUT2D eigenvalue weighted by atomic mass is 32.2. The maximum Gasteiger partial charge on any atom is 0.240 e. The molecule has 3 fully saturated rings. The van der Waals surface area contributed by atoms with E-state index in [0.717, 1.165) is 18.4 Å². The van der Waals surface area contributed by atoms with Gasteiger partial charge in [0, 0.05) is 13.1 Å². The molecule has 114 valence electrons. The highest BCUT2D eigenvalue weighted by Gasteiger charge is 2.46. The lowest BCUT2D eigenvalue weighted by Crippen LogP contribution is -2.48. The third kappa shape index (κ3) is 2.86. The fourth-order valence-corrected chi connectivity index (χ4v) is 5.41. The molecule has 5 nitrogen and oxygen atoms in total. The number of rotatable bonds is 3. The summed E-state index contributed by atoms with van der Waals surface area (Å²) < 4.78 is 23.8. The maximum absolute atomic E-state index is 12.5. The van der Waals surface area contributed by atoms with E-state index in [-0.39, 0.29) is 17.4 Å². The van der Waals surface area contributed by atoms with Gasteiger partial charge < -0.3 is 10.2 Å². The number of amides is 1. The topological polar surface area (TPSA) is 66.5 Å². The molecule has 0 aromatic heterocycles. The van der Waals surface area contributed by atoms with E-state index in [4.69, 9.17) is 0 Å². The predicted molar refractivity (Wildman–Crippen MR) is 77.0 cm³/mol. The second-order valence-electron chi connectivity index (χ2n) is 6.59. The summed E-state index contributed by atoms with van der Waals surface area (Å²) >= 11 is 0. The van der Waals surface area contributed by atoms with Crippen LogP contribution in [-0.4, -0.2) is 56.9 Å². The van der Waals surface area contributed by atoms with E-state index >= 15 is 0 Å². The molecule has 4 atom stereocenters. The average molecular weight is 300 g/mol. The summed E-state index contributed by atoms with van der Waals surface area (Å²) in [7, 11) is -1.45. The predicted octanol–water partition coefficient (Wildman–Crippen LogP) is 0.268. The average Bonchev–Trinajstić information content (AvgIpc) is 3.20. The molecule has 0 aromatic rings. The minimum absolute atomic E-state index is 0.0312. The highest BCUT2D eigenvalue weighted by molar-refractivity contribution is 7.91. The van der Waals surface area contributed by atoms with Crippen LogP contribution >= 0.6 is 0 Å². The Labute approximate surface area is 121 Å². The fourth-order valence-electron chi connectivity index (χ4n) is 3.92. The van der Waals surface area contributed by atoms with Gasteiger partial charge in [0.2, 0.25) is 5.91 Å². The molecule has 1 N–H and O–H groups in total. The number of fused-ring (bicyclic) bond motifs is 1. The Morgan fingerprint density at radius 3 is 2.90 bits per heavy atom. The van der Waals surface area contributed by atoms with Gasteiger partial charge in [-0.05, 0) is 37.6 Å². The van der Waals surface area contributed by atoms with E-state index in [1.807, 2.05) is 0 Å². The van der Waals surface area contributed by atoms with Crippen LogP contribution in [0.3, 0.4) is 0 Å². The SMILES string of the molecule is CNC1CS(=O)(=O)CCN(CC2CCCC3CC32)C1=O. The van der Waals surface area contributed by atoms with Crippen molar-refractivity contribution in [2.45, 2.75) is 31.7 Å². The first-order valence-electron chi connectivity index (χ1n) is 7.66. The molecule has 1 amide bonds. The normalized spacial score (nSPS) is 40.0. The first-order valence-corrected chi connectivity index (χ1v) is 9.49. The highest BCUT2D eigenvalue weighted by Crippen LogP contribution is 2.52. The van der Waals surface area contributed by atoms with Gasteiger partial charge in [-0.2, -0.15) is 0 Å². The minimum atomic E-state index is -3.12. The number of carbonyl (C=O) groups excluding carboxylic acids is 1. The Hall–Kier alpha value is -0.620. The van der Waals surface area contributed by atoms with Crippen molar-refractivity contribution in [3.63, 3.8) is 0 Å². The van der Waals surface area contributed by atoms with E-state index in [0.29, 0.717) is 12.5 Å². The first-order chi connectivity index (χ1) is 9.50. The maximum atomic E-state index is 12.5. The first kappa shape index (κ1) is 14.3. The van der Waals surface area contributed by atoms with Gasteiger partial charge in [0.05, 0.1) is 11.5 Å². The number of carbonyl (C=O) groups is 1. The van der Waals surface area contributed by atoms with Crippen molar-refractivity contribution >= 4 is 15.7 Å². The van der Waals surface area contributed by atoms with Gasteiger partial charge in [-0.3, -0.25) is 4.79 Å². The third-order valence-corrected chi connectivity index (χ3v) is 6.88. The molecule has 1 heterocycles. The van der Waals surface area contributed by atoms with Gasteiger partial charge in [-0.25, -0.2) is 8.42 Å². The van der Waals surface area contributed by atoms with Gasteiger partial charge >= 0.3 is 0 Å². The van der Waals surface area contributed by atoms with Crippen LogP contribution in [0.5, 0.6) is 0 Å². The molecule has 3 rings (SSSR count). The van der Waals surface area contributed by atoms with Gasteiger partial charge in [-0.15, -0.1) is 0 Å². The van der Waals surface area contributed by atoms with Crippen LogP contribution < -0.4 is 5.32 Å². The second kappa shape index (κ2) is 5.30. The molecule has 6 heteroatoms. The van der Waals surface area contributed by atoms with Crippen LogP contribution in [0.4, 0.5) is 0 Å². The zero-order valence-corrected chi connectivity index (χ0v) is 12.9. The van der Waals surface area contributed by atoms with Crippen LogP contribution in [-0.2, 0) is 14.6 Å². The lowest BCUT2D eigenvalue weighted by Gasteiger charge is -2.30. The molecular weight excluding hydrogens is 276 g/mol. The molecule has 1 saturated heterocycles. The van der Waals surface area contributed by atoms with E-state index in [2.05, 4.69) is 5.32 Å². The van der Waals surface area contributed by atoms with Crippen LogP contribution in [0.15, 0.2) is 0 Å². The molecule has 2 aliphatic carbocycles. The van der Waals surface area contributed by atoms with E-state index < -0.39 is 15.9 Å². The fraction of sp³-hybridized carbons (Fsp3) is 0.929. The summed E-state index contributed by atoms with van der Waals surface area (Å²) in [6.07, 6.45) is 5.13. The number of hydrogen-bond acceptors (Lipinski definition) is 4. The van der Waals surface area contributed by atoms with Gasteiger partial charge in [0.15, 0.2) is 9.84 Å². The smallest absolute Gasteiger partial charge is 0.240 e. The standard InChI is InChI=1S/C14H24N2O3S/c1-15-13-9-20(18,19)6-5-16(14(13)17)8-11-4-2-3-10-7-12(10)11/h10-13,15H,2-9H2,1H3. The Morgan fingerprint density at radius 1 is 1.35 bits per heavy atom. The van der Waals surface area contributed by atoms with Crippen molar-refractivity contribution in [2.24, 2.45) is 17.8 Å². The summed E-state index contributed by atoms with van der Waals surface area (Å²) in [5.41, 5.74) is 0. The Kier molecular flexibility index (Phi) is 3.79.